The van der Waals surface area contributed by atoms with Gasteiger partial charge in [0.2, 0.25) is 5.91 Å². The van der Waals surface area contributed by atoms with Crippen LogP contribution in [0.15, 0.2) is 35.7 Å². The van der Waals surface area contributed by atoms with E-state index in [4.69, 9.17) is 0 Å². The van der Waals surface area contributed by atoms with Crippen molar-refractivity contribution in [2.75, 3.05) is 7.05 Å². The summed E-state index contributed by atoms with van der Waals surface area (Å²) in [6.45, 7) is 2.58. The number of hydrogen-bond donors (Lipinski definition) is 0. The molecule has 1 aromatic carbocycles. The predicted molar refractivity (Wildman–Crippen MR) is 115 cm³/mol. The number of likely N-dealkylation sites (tertiary alicyclic amines) is 1. The maximum atomic E-state index is 13.4. The third-order valence-corrected chi connectivity index (χ3v) is 7.35. The molecule has 5 nitrogen and oxygen atoms in total. The molecule has 1 aromatic heterocycles. The Morgan fingerprint density at radius 3 is 2.69 bits per heavy atom. The molecule has 29 heavy (non-hydrogen) atoms. The molecule has 2 amide bonds. The number of aryl methyl sites for hydroxylation is 1. The molecule has 1 aliphatic carbocycles. The maximum Gasteiger partial charge on any atom is 0.254 e. The number of nitrogens with zero attached hydrogens (tertiary/aromatic N) is 3. The van der Waals surface area contributed by atoms with Crippen molar-refractivity contribution < 1.29 is 9.59 Å². The number of likely N-dealkylation sites (N-methyl/N-ethyl adjacent to an activating group) is 1. The van der Waals surface area contributed by atoms with Gasteiger partial charge in [-0.05, 0) is 43.7 Å². The summed E-state index contributed by atoms with van der Waals surface area (Å²) < 4.78 is 0. The Morgan fingerprint density at radius 1 is 1.21 bits per heavy atom. The third kappa shape index (κ3) is 4.08. The lowest BCUT2D eigenvalue weighted by molar-refractivity contribution is -0.134. The van der Waals surface area contributed by atoms with Crippen LogP contribution in [0.2, 0.25) is 0 Å². The van der Waals surface area contributed by atoms with Crippen LogP contribution in [0.3, 0.4) is 0 Å². The highest BCUT2D eigenvalue weighted by Gasteiger charge is 2.48. The van der Waals surface area contributed by atoms with E-state index in [1.165, 1.54) is 6.42 Å². The lowest BCUT2D eigenvalue weighted by Gasteiger charge is -2.34. The SMILES string of the molecule is CCc1nc(CN(C)C(=O)C2CC3CCCCC3N2C(=O)c2ccccc2)cs1. The first-order valence-corrected chi connectivity index (χ1v) is 11.5. The predicted octanol–water partition coefficient (Wildman–Crippen LogP) is 4.14. The average molecular weight is 412 g/mol. The molecular weight excluding hydrogens is 382 g/mol. The van der Waals surface area contributed by atoms with E-state index in [9.17, 15) is 9.59 Å². The minimum Gasteiger partial charge on any atom is -0.338 e. The zero-order valence-corrected chi connectivity index (χ0v) is 18.0. The molecule has 1 saturated carbocycles. The van der Waals surface area contributed by atoms with Crippen molar-refractivity contribution in [1.29, 1.82) is 0 Å². The molecular formula is C23H29N3O2S. The van der Waals surface area contributed by atoms with E-state index in [2.05, 4.69) is 11.9 Å². The summed E-state index contributed by atoms with van der Waals surface area (Å²) in [5, 5.41) is 3.12. The molecule has 0 spiro atoms. The molecule has 4 rings (SSSR count). The van der Waals surface area contributed by atoms with Crippen molar-refractivity contribution in [2.24, 2.45) is 5.92 Å². The second kappa shape index (κ2) is 8.66. The molecule has 6 heteroatoms. The van der Waals surface area contributed by atoms with E-state index >= 15 is 0 Å². The number of rotatable bonds is 5. The number of carbonyl (C=O) groups excluding carboxylic acids is 2. The fourth-order valence-corrected chi connectivity index (χ4v) is 5.60. The fourth-order valence-electron chi connectivity index (χ4n) is 4.86. The number of aromatic nitrogens is 1. The highest BCUT2D eigenvalue weighted by Crippen LogP contribution is 2.41. The first-order chi connectivity index (χ1) is 14.1. The Morgan fingerprint density at radius 2 is 1.97 bits per heavy atom. The zero-order chi connectivity index (χ0) is 20.4. The van der Waals surface area contributed by atoms with Crippen LogP contribution in [0.4, 0.5) is 0 Å². The first-order valence-electron chi connectivity index (χ1n) is 10.6. The number of carbonyl (C=O) groups is 2. The highest BCUT2D eigenvalue weighted by molar-refractivity contribution is 7.09. The van der Waals surface area contributed by atoms with E-state index in [-0.39, 0.29) is 23.9 Å². The van der Waals surface area contributed by atoms with Gasteiger partial charge in [0.15, 0.2) is 0 Å². The Labute approximate surface area is 176 Å². The molecule has 0 bridgehead atoms. The van der Waals surface area contributed by atoms with Gasteiger partial charge in [-0.1, -0.05) is 38.0 Å². The fraction of sp³-hybridized carbons (Fsp3) is 0.522. The minimum absolute atomic E-state index is 0.00585. The van der Waals surface area contributed by atoms with Crippen molar-refractivity contribution in [2.45, 2.75) is 64.1 Å². The number of amides is 2. The van der Waals surface area contributed by atoms with Gasteiger partial charge < -0.3 is 9.80 Å². The summed E-state index contributed by atoms with van der Waals surface area (Å²) >= 11 is 1.64. The van der Waals surface area contributed by atoms with Gasteiger partial charge in [0.25, 0.3) is 5.91 Å². The van der Waals surface area contributed by atoms with Crippen LogP contribution < -0.4 is 0 Å². The summed E-state index contributed by atoms with van der Waals surface area (Å²) in [4.78, 5) is 35.1. The Bertz CT molecular complexity index is 866. The molecule has 2 fully saturated rings. The molecule has 154 valence electrons. The number of hydrogen-bond acceptors (Lipinski definition) is 4. The smallest absolute Gasteiger partial charge is 0.254 e. The molecule has 1 saturated heterocycles. The summed E-state index contributed by atoms with van der Waals surface area (Å²) in [6, 6.07) is 9.21. The molecule has 2 heterocycles. The van der Waals surface area contributed by atoms with Gasteiger partial charge in [0.05, 0.1) is 17.2 Å². The second-order valence-electron chi connectivity index (χ2n) is 8.22. The van der Waals surface area contributed by atoms with Gasteiger partial charge in [0, 0.05) is 24.0 Å². The third-order valence-electron chi connectivity index (χ3n) is 6.31. The van der Waals surface area contributed by atoms with Gasteiger partial charge in [-0.3, -0.25) is 9.59 Å². The monoisotopic (exact) mass is 411 g/mol. The van der Waals surface area contributed by atoms with E-state index in [1.807, 2.05) is 47.7 Å². The van der Waals surface area contributed by atoms with Crippen molar-refractivity contribution in [3.8, 4) is 0 Å². The lowest BCUT2D eigenvalue weighted by atomic mass is 9.84. The Kier molecular flexibility index (Phi) is 5.99. The lowest BCUT2D eigenvalue weighted by Crippen LogP contribution is -2.49. The van der Waals surface area contributed by atoms with E-state index in [0.29, 0.717) is 18.0 Å². The molecule has 3 unspecified atom stereocenters. The summed E-state index contributed by atoms with van der Waals surface area (Å²) in [5.41, 5.74) is 1.60. The second-order valence-corrected chi connectivity index (χ2v) is 9.16. The van der Waals surface area contributed by atoms with Crippen molar-refractivity contribution in [3.63, 3.8) is 0 Å². The minimum atomic E-state index is -0.370. The summed E-state index contributed by atoms with van der Waals surface area (Å²) in [5.74, 6) is 0.466. The van der Waals surface area contributed by atoms with Crippen molar-refractivity contribution in [1.82, 2.24) is 14.8 Å². The molecule has 0 radical (unpaired) electrons. The maximum absolute atomic E-state index is 13.4. The average Bonchev–Trinajstić information content (AvgIpc) is 3.37. The van der Waals surface area contributed by atoms with E-state index in [1.54, 1.807) is 16.2 Å². The number of benzene rings is 1. The Balaban J connectivity index is 1.55. The standard InChI is InChI=1S/C23H29N3O2S/c1-3-21-24-18(15-29-21)14-25(2)23(28)20-13-17-11-7-8-12-19(17)26(20)22(27)16-9-5-4-6-10-16/h4-6,9-10,15,17,19-20H,3,7-8,11-14H2,1-2H3. The van der Waals surface area contributed by atoms with Crippen LogP contribution in [0.5, 0.6) is 0 Å². The van der Waals surface area contributed by atoms with Crippen molar-refractivity contribution in [3.05, 3.63) is 52.0 Å². The molecule has 1 aliphatic heterocycles. The van der Waals surface area contributed by atoms with Crippen LogP contribution in [-0.2, 0) is 17.8 Å². The molecule has 0 N–H and O–H groups in total. The summed E-state index contributed by atoms with van der Waals surface area (Å²) in [7, 11) is 1.83. The molecule has 3 atom stereocenters. The van der Waals surface area contributed by atoms with Crippen LogP contribution in [0, 0.1) is 5.92 Å². The Hall–Kier alpha value is -2.21. The largest absolute Gasteiger partial charge is 0.338 e. The quantitative estimate of drug-likeness (QED) is 0.743. The molecule has 2 aliphatic rings. The van der Waals surface area contributed by atoms with Gasteiger partial charge >= 0.3 is 0 Å². The van der Waals surface area contributed by atoms with Gasteiger partial charge in [-0.25, -0.2) is 4.98 Å². The topological polar surface area (TPSA) is 53.5 Å². The van der Waals surface area contributed by atoms with E-state index < -0.39 is 0 Å². The summed E-state index contributed by atoms with van der Waals surface area (Å²) in [6.07, 6.45) is 6.14. The van der Waals surface area contributed by atoms with Crippen LogP contribution in [-0.4, -0.2) is 45.7 Å². The number of fused-ring (bicyclic) bond motifs is 1. The first kappa shape index (κ1) is 20.1. The highest BCUT2D eigenvalue weighted by atomic mass is 32.1. The van der Waals surface area contributed by atoms with Gasteiger partial charge in [-0.15, -0.1) is 11.3 Å². The van der Waals surface area contributed by atoms with Crippen LogP contribution in [0.25, 0.3) is 0 Å². The van der Waals surface area contributed by atoms with Crippen molar-refractivity contribution >= 4 is 23.2 Å². The number of thiazole rings is 1. The zero-order valence-electron chi connectivity index (χ0n) is 17.2. The van der Waals surface area contributed by atoms with Crippen LogP contribution in [0.1, 0.15) is 60.1 Å². The van der Waals surface area contributed by atoms with Gasteiger partial charge in [-0.2, -0.15) is 0 Å². The molecule has 2 aromatic rings. The van der Waals surface area contributed by atoms with Gasteiger partial charge in [0.1, 0.15) is 6.04 Å². The normalized spacial score (nSPS) is 23.7. The van der Waals surface area contributed by atoms with E-state index in [0.717, 1.165) is 42.8 Å². The van der Waals surface area contributed by atoms with Crippen LogP contribution >= 0.6 is 11.3 Å².